The van der Waals surface area contributed by atoms with Crippen molar-refractivity contribution >= 4 is 29.3 Å². The molecule has 0 spiro atoms. The first-order valence-electron chi connectivity index (χ1n) is 3.64. The molecule has 0 radical (unpaired) electrons. The van der Waals surface area contributed by atoms with Crippen molar-refractivity contribution in [2.75, 3.05) is 0 Å². The number of hydrogen-bond donors (Lipinski definition) is 1. The highest BCUT2D eigenvalue weighted by Crippen LogP contribution is 2.30. The van der Waals surface area contributed by atoms with Crippen LogP contribution >= 0.6 is 23.1 Å². The maximum atomic E-state index is 8.41. The largest absolute Gasteiger partial charge is 0.411 e. The Balaban J connectivity index is 2.94. The zero-order chi connectivity index (χ0) is 9.68. The summed E-state index contributed by atoms with van der Waals surface area (Å²) in [5.74, 6) is 2.81. The summed E-state index contributed by atoms with van der Waals surface area (Å²) < 4.78 is 1.07. The number of hydrogen-bond acceptors (Lipinski definition) is 4. The highest BCUT2D eigenvalue weighted by molar-refractivity contribution is 8.05. The van der Waals surface area contributed by atoms with Crippen molar-refractivity contribution in [2.45, 2.75) is 18.1 Å². The van der Waals surface area contributed by atoms with Crippen molar-refractivity contribution in [3.63, 3.8) is 0 Å². The fourth-order valence-electron chi connectivity index (χ4n) is 0.842. The Kier molecular flexibility index (Phi) is 3.87. The molecule has 0 aliphatic heterocycles. The molecule has 1 aromatic rings. The predicted octanol–water partition coefficient (Wildman–Crippen LogP) is 2.94. The van der Waals surface area contributed by atoms with E-state index in [2.05, 4.69) is 16.3 Å². The van der Waals surface area contributed by atoms with Crippen LogP contribution in [0.1, 0.15) is 17.4 Å². The Bertz CT molecular complexity index is 371. The van der Waals surface area contributed by atoms with Gasteiger partial charge in [-0.2, -0.15) is 0 Å². The van der Waals surface area contributed by atoms with Gasteiger partial charge in [0.15, 0.2) is 0 Å². The Hall–Kier alpha value is -0.920. The van der Waals surface area contributed by atoms with Gasteiger partial charge in [-0.1, -0.05) is 11.1 Å². The number of thiophene rings is 1. The molecule has 0 amide bonds. The van der Waals surface area contributed by atoms with E-state index in [4.69, 9.17) is 5.21 Å². The number of oxime groups is 1. The second-order valence-electron chi connectivity index (χ2n) is 2.30. The first-order chi connectivity index (χ1) is 6.27. The highest BCUT2D eigenvalue weighted by Gasteiger charge is 2.04. The molecule has 1 aromatic heterocycles. The lowest BCUT2D eigenvalue weighted by Gasteiger charge is -1.88. The summed E-state index contributed by atoms with van der Waals surface area (Å²) in [5, 5.41) is 14.3. The van der Waals surface area contributed by atoms with E-state index in [1.165, 1.54) is 22.9 Å². The topological polar surface area (TPSA) is 32.6 Å². The number of nitrogens with zero attached hydrogens (tertiary/aromatic N) is 1. The molecule has 0 aliphatic carbocycles. The standard InChI is InChI=1S/C9H9NOS2/c1-3-4-12-9-8(6-10-11)5-7(2)13-9/h5-6,11H,1-2H3. The summed E-state index contributed by atoms with van der Waals surface area (Å²) in [4.78, 5) is 1.19. The molecular weight excluding hydrogens is 202 g/mol. The van der Waals surface area contributed by atoms with Crippen LogP contribution in [-0.4, -0.2) is 11.4 Å². The quantitative estimate of drug-likeness (QED) is 0.268. The molecule has 0 bridgehead atoms. The van der Waals surface area contributed by atoms with Gasteiger partial charge in [-0.3, -0.25) is 0 Å². The summed E-state index contributed by atoms with van der Waals surface area (Å²) in [6, 6.07) is 1.98. The van der Waals surface area contributed by atoms with Gasteiger partial charge in [-0.15, -0.1) is 11.3 Å². The molecule has 0 atom stereocenters. The second-order valence-corrected chi connectivity index (χ2v) is 4.63. The van der Waals surface area contributed by atoms with E-state index in [9.17, 15) is 0 Å². The monoisotopic (exact) mass is 211 g/mol. The van der Waals surface area contributed by atoms with Crippen LogP contribution < -0.4 is 0 Å². The zero-order valence-corrected chi connectivity index (χ0v) is 9.00. The molecule has 68 valence electrons. The minimum atomic E-state index is 0.928. The van der Waals surface area contributed by atoms with Crippen molar-refractivity contribution in [3.05, 3.63) is 16.5 Å². The zero-order valence-electron chi connectivity index (χ0n) is 7.37. The molecule has 1 heterocycles. The third kappa shape index (κ3) is 2.79. The maximum absolute atomic E-state index is 8.41. The fourth-order valence-corrected chi connectivity index (χ4v) is 2.66. The molecule has 1 rings (SSSR count). The third-order valence-corrected chi connectivity index (χ3v) is 3.38. The van der Waals surface area contributed by atoms with Crippen LogP contribution in [0.25, 0.3) is 0 Å². The van der Waals surface area contributed by atoms with Crippen molar-refractivity contribution in [3.8, 4) is 11.2 Å². The second kappa shape index (κ2) is 4.95. The van der Waals surface area contributed by atoms with Crippen LogP contribution in [0, 0.1) is 18.1 Å². The molecular formula is C9H9NOS2. The van der Waals surface area contributed by atoms with E-state index in [0.29, 0.717) is 0 Å². The molecule has 0 unspecified atom stereocenters. The van der Waals surface area contributed by atoms with Crippen LogP contribution in [-0.2, 0) is 0 Å². The van der Waals surface area contributed by atoms with Gasteiger partial charge in [-0.25, -0.2) is 0 Å². The fraction of sp³-hybridized carbons (Fsp3) is 0.222. The lowest BCUT2D eigenvalue weighted by atomic mass is 10.3. The minimum Gasteiger partial charge on any atom is -0.411 e. The molecule has 1 N–H and O–H groups in total. The van der Waals surface area contributed by atoms with E-state index in [1.54, 1.807) is 18.3 Å². The summed E-state index contributed by atoms with van der Waals surface area (Å²) in [6.45, 7) is 3.82. The lowest BCUT2D eigenvalue weighted by Crippen LogP contribution is -1.76. The summed E-state index contributed by atoms with van der Waals surface area (Å²) in [6.07, 6.45) is 1.43. The first-order valence-corrected chi connectivity index (χ1v) is 5.27. The summed E-state index contributed by atoms with van der Waals surface area (Å²) >= 11 is 3.12. The SMILES string of the molecule is CC#CSc1sc(C)cc1C=NO. The minimum absolute atomic E-state index is 0.928. The summed E-state index contributed by atoms with van der Waals surface area (Å²) in [5.41, 5.74) is 0.928. The normalized spacial score (nSPS) is 10.0. The van der Waals surface area contributed by atoms with Crippen molar-refractivity contribution < 1.29 is 5.21 Å². The Morgan fingerprint density at radius 3 is 3.08 bits per heavy atom. The Labute approximate surface area is 85.7 Å². The van der Waals surface area contributed by atoms with Gasteiger partial charge in [0.1, 0.15) is 0 Å². The maximum Gasteiger partial charge on any atom is 0.0818 e. The molecule has 4 heteroatoms. The van der Waals surface area contributed by atoms with Crippen LogP contribution in [0.3, 0.4) is 0 Å². The van der Waals surface area contributed by atoms with E-state index >= 15 is 0 Å². The summed E-state index contributed by atoms with van der Waals surface area (Å²) in [7, 11) is 0. The van der Waals surface area contributed by atoms with Crippen molar-refractivity contribution in [1.29, 1.82) is 0 Å². The number of thioether (sulfide) groups is 1. The lowest BCUT2D eigenvalue weighted by molar-refractivity contribution is 0.322. The third-order valence-electron chi connectivity index (χ3n) is 1.29. The molecule has 0 aliphatic rings. The van der Waals surface area contributed by atoms with Gasteiger partial charge in [0, 0.05) is 10.4 Å². The predicted molar refractivity (Wildman–Crippen MR) is 57.7 cm³/mol. The highest BCUT2D eigenvalue weighted by atomic mass is 32.2. The van der Waals surface area contributed by atoms with Gasteiger partial charge in [0.25, 0.3) is 0 Å². The van der Waals surface area contributed by atoms with Gasteiger partial charge < -0.3 is 5.21 Å². The van der Waals surface area contributed by atoms with Crippen LogP contribution in [0.4, 0.5) is 0 Å². The average Bonchev–Trinajstić information content (AvgIpc) is 2.44. The van der Waals surface area contributed by atoms with E-state index in [0.717, 1.165) is 9.77 Å². The molecule has 0 fully saturated rings. The van der Waals surface area contributed by atoms with E-state index < -0.39 is 0 Å². The van der Waals surface area contributed by atoms with E-state index in [-0.39, 0.29) is 0 Å². The molecule has 2 nitrogen and oxygen atoms in total. The number of aryl methyl sites for hydroxylation is 1. The number of rotatable bonds is 2. The van der Waals surface area contributed by atoms with Crippen molar-refractivity contribution in [1.82, 2.24) is 0 Å². The van der Waals surface area contributed by atoms with Gasteiger partial charge >= 0.3 is 0 Å². The van der Waals surface area contributed by atoms with Crippen molar-refractivity contribution in [2.24, 2.45) is 5.16 Å². The molecule has 0 saturated carbocycles. The van der Waals surface area contributed by atoms with Crippen LogP contribution in [0.2, 0.25) is 0 Å². The Morgan fingerprint density at radius 2 is 2.46 bits per heavy atom. The first kappa shape index (κ1) is 10.2. The smallest absolute Gasteiger partial charge is 0.0818 e. The van der Waals surface area contributed by atoms with Crippen LogP contribution in [0.15, 0.2) is 15.4 Å². The van der Waals surface area contributed by atoms with Crippen LogP contribution in [0.5, 0.6) is 0 Å². The Morgan fingerprint density at radius 1 is 1.69 bits per heavy atom. The van der Waals surface area contributed by atoms with Gasteiger partial charge in [0.05, 0.1) is 10.4 Å². The molecule has 0 aromatic carbocycles. The van der Waals surface area contributed by atoms with Gasteiger partial charge in [-0.05, 0) is 36.9 Å². The average molecular weight is 211 g/mol. The molecule has 0 saturated heterocycles. The van der Waals surface area contributed by atoms with Gasteiger partial charge in [0.2, 0.25) is 0 Å². The van der Waals surface area contributed by atoms with E-state index in [1.807, 2.05) is 13.0 Å². The molecule has 13 heavy (non-hydrogen) atoms.